The van der Waals surface area contributed by atoms with Crippen molar-refractivity contribution >= 4 is 29.9 Å². The monoisotopic (exact) mass is 213 g/mol. The van der Waals surface area contributed by atoms with E-state index in [0.717, 1.165) is 13.1 Å². The Kier molecular flexibility index (Phi) is 6.52. The predicted molar refractivity (Wildman–Crippen MR) is 50.0 cm³/mol. The molecular weight excluding hydrogens is 201 g/mol. The van der Waals surface area contributed by atoms with Crippen molar-refractivity contribution in [3.8, 4) is 0 Å². The number of morpholine rings is 1. The van der Waals surface area contributed by atoms with Crippen molar-refractivity contribution < 1.29 is 9.53 Å². The molecule has 1 aliphatic heterocycles. The molecule has 1 rings (SSSR count). The van der Waals surface area contributed by atoms with E-state index in [9.17, 15) is 4.79 Å². The number of alkyl halides is 1. The van der Waals surface area contributed by atoms with Crippen LogP contribution in [0.15, 0.2) is 0 Å². The lowest BCUT2D eigenvalue weighted by molar-refractivity contribution is -0.134. The molecule has 5 heteroatoms. The number of nitrogens with zero attached hydrogens (tertiary/aromatic N) is 1. The minimum Gasteiger partial charge on any atom is -0.378 e. The van der Waals surface area contributed by atoms with E-state index in [1.54, 1.807) is 4.90 Å². The van der Waals surface area contributed by atoms with Crippen molar-refractivity contribution in [1.29, 1.82) is 0 Å². The van der Waals surface area contributed by atoms with Crippen LogP contribution in [-0.4, -0.2) is 43.0 Å². The van der Waals surface area contributed by atoms with Gasteiger partial charge in [-0.1, -0.05) is 0 Å². The lowest BCUT2D eigenvalue weighted by atomic mass is 10.3. The van der Waals surface area contributed by atoms with Gasteiger partial charge in [0, 0.05) is 25.4 Å². The van der Waals surface area contributed by atoms with Crippen LogP contribution in [0.25, 0.3) is 0 Å². The average Bonchev–Trinajstić information content (AvgIpc) is 2.07. The van der Waals surface area contributed by atoms with Crippen molar-refractivity contribution in [2.45, 2.75) is 6.42 Å². The second-order valence-electron chi connectivity index (χ2n) is 2.43. The fourth-order valence-corrected chi connectivity index (χ4v) is 1.21. The molecule has 1 saturated heterocycles. The molecule has 1 fully saturated rings. The molecule has 72 valence electrons. The highest BCUT2D eigenvalue weighted by Crippen LogP contribution is 2.00. The summed E-state index contributed by atoms with van der Waals surface area (Å²) in [5.41, 5.74) is 0. The lowest BCUT2D eigenvalue weighted by Crippen LogP contribution is -2.40. The summed E-state index contributed by atoms with van der Waals surface area (Å²) >= 11 is 5.44. The highest BCUT2D eigenvalue weighted by Gasteiger charge is 2.15. The summed E-state index contributed by atoms with van der Waals surface area (Å²) in [6.07, 6.45) is 0.446. The Bertz CT molecular complexity index is 137. The maximum Gasteiger partial charge on any atom is 0.223 e. The van der Waals surface area contributed by atoms with Gasteiger partial charge in [0.1, 0.15) is 0 Å². The van der Waals surface area contributed by atoms with Crippen LogP contribution < -0.4 is 0 Å². The molecule has 0 aliphatic carbocycles. The normalized spacial score (nSPS) is 16.9. The summed E-state index contributed by atoms with van der Waals surface area (Å²) in [5, 5.41) is 0. The molecule has 1 amide bonds. The molecule has 0 unspecified atom stereocenters. The molecule has 0 aromatic rings. The predicted octanol–water partition coefficient (Wildman–Crippen LogP) is 0.896. The first kappa shape index (κ1) is 12.0. The van der Waals surface area contributed by atoms with Gasteiger partial charge in [-0.25, -0.2) is 0 Å². The van der Waals surface area contributed by atoms with Gasteiger partial charge in [-0.3, -0.25) is 4.79 Å². The van der Waals surface area contributed by atoms with Gasteiger partial charge < -0.3 is 9.64 Å². The molecule has 0 atom stereocenters. The standard InChI is InChI=1S/C7H12ClNO2.ClH/c8-2-1-7(10)9-3-5-11-6-4-9;/h1-6H2;1H. The second kappa shape index (κ2) is 6.52. The minimum atomic E-state index is 0. The van der Waals surface area contributed by atoms with E-state index in [1.807, 2.05) is 0 Å². The van der Waals surface area contributed by atoms with E-state index in [0.29, 0.717) is 25.5 Å². The molecule has 0 bridgehead atoms. The van der Waals surface area contributed by atoms with E-state index < -0.39 is 0 Å². The third-order valence-corrected chi connectivity index (χ3v) is 1.86. The second-order valence-corrected chi connectivity index (χ2v) is 2.81. The van der Waals surface area contributed by atoms with Gasteiger partial charge in [0.15, 0.2) is 0 Å². The van der Waals surface area contributed by atoms with Gasteiger partial charge in [-0.15, -0.1) is 24.0 Å². The summed E-state index contributed by atoms with van der Waals surface area (Å²) in [6.45, 7) is 2.76. The SMILES string of the molecule is Cl.O=C(CCCl)N1CCOCC1. The first-order chi connectivity index (χ1) is 5.34. The molecule has 0 N–H and O–H groups in total. The van der Waals surface area contributed by atoms with Crippen molar-refractivity contribution in [3.05, 3.63) is 0 Å². The van der Waals surface area contributed by atoms with Crippen LogP contribution in [0.3, 0.4) is 0 Å². The zero-order valence-corrected chi connectivity index (χ0v) is 8.36. The summed E-state index contributed by atoms with van der Waals surface area (Å²) in [6, 6.07) is 0. The highest BCUT2D eigenvalue weighted by atomic mass is 35.5. The Morgan fingerprint density at radius 1 is 1.42 bits per heavy atom. The van der Waals surface area contributed by atoms with Crippen molar-refractivity contribution in [2.75, 3.05) is 32.2 Å². The third-order valence-electron chi connectivity index (χ3n) is 1.67. The van der Waals surface area contributed by atoms with E-state index in [2.05, 4.69) is 0 Å². The van der Waals surface area contributed by atoms with Crippen molar-refractivity contribution in [2.24, 2.45) is 0 Å². The first-order valence-electron chi connectivity index (χ1n) is 3.76. The van der Waals surface area contributed by atoms with Gasteiger partial charge in [-0.2, -0.15) is 0 Å². The molecule has 1 aliphatic rings. The number of carbonyl (C=O) groups excluding carboxylic acids is 1. The minimum absolute atomic E-state index is 0. The summed E-state index contributed by atoms with van der Waals surface area (Å²) in [7, 11) is 0. The van der Waals surface area contributed by atoms with Gasteiger partial charge in [0.2, 0.25) is 5.91 Å². The zero-order valence-electron chi connectivity index (χ0n) is 6.79. The molecule has 3 nitrogen and oxygen atoms in total. The Morgan fingerprint density at radius 3 is 2.50 bits per heavy atom. The van der Waals surface area contributed by atoms with Crippen LogP contribution in [-0.2, 0) is 9.53 Å². The van der Waals surface area contributed by atoms with E-state index in [1.165, 1.54) is 0 Å². The summed E-state index contributed by atoms with van der Waals surface area (Å²) < 4.78 is 5.10. The number of carbonyl (C=O) groups is 1. The van der Waals surface area contributed by atoms with E-state index in [-0.39, 0.29) is 18.3 Å². The number of hydrogen-bond donors (Lipinski definition) is 0. The number of hydrogen-bond acceptors (Lipinski definition) is 2. The summed E-state index contributed by atoms with van der Waals surface area (Å²) in [5.74, 6) is 0.555. The Morgan fingerprint density at radius 2 is 2.00 bits per heavy atom. The smallest absolute Gasteiger partial charge is 0.223 e. The zero-order chi connectivity index (χ0) is 8.10. The van der Waals surface area contributed by atoms with Crippen LogP contribution >= 0.6 is 24.0 Å². The van der Waals surface area contributed by atoms with E-state index >= 15 is 0 Å². The Hall–Kier alpha value is 0.01000. The number of amides is 1. The molecule has 0 saturated carbocycles. The fourth-order valence-electron chi connectivity index (χ4n) is 1.05. The topological polar surface area (TPSA) is 29.5 Å². The van der Waals surface area contributed by atoms with Gasteiger partial charge in [0.05, 0.1) is 13.2 Å². The molecule has 12 heavy (non-hydrogen) atoms. The van der Waals surface area contributed by atoms with Crippen LogP contribution in [0.2, 0.25) is 0 Å². The molecule has 0 spiro atoms. The van der Waals surface area contributed by atoms with Crippen molar-refractivity contribution in [3.63, 3.8) is 0 Å². The molecule has 0 aromatic carbocycles. The van der Waals surface area contributed by atoms with Crippen LogP contribution in [0, 0.1) is 0 Å². The number of rotatable bonds is 2. The largest absolute Gasteiger partial charge is 0.378 e. The lowest BCUT2D eigenvalue weighted by Gasteiger charge is -2.26. The molecule has 0 radical (unpaired) electrons. The molecule has 0 aromatic heterocycles. The van der Waals surface area contributed by atoms with E-state index in [4.69, 9.17) is 16.3 Å². The number of ether oxygens (including phenoxy) is 1. The average molecular weight is 214 g/mol. The quantitative estimate of drug-likeness (QED) is 0.639. The van der Waals surface area contributed by atoms with Crippen LogP contribution in [0.5, 0.6) is 0 Å². The summed E-state index contributed by atoms with van der Waals surface area (Å²) in [4.78, 5) is 13.0. The molecule has 1 heterocycles. The van der Waals surface area contributed by atoms with Crippen LogP contribution in [0.4, 0.5) is 0 Å². The van der Waals surface area contributed by atoms with Gasteiger partial charge in [-0.05, 0) is 0 Å². The fraction of sp³-hybridized carbons (Fsp3) is 0.857. The Balaban J connectivity index is 0.00000121. The van der Waals surface area contributed by atoms with Gasteiger partial charge >= 0.3 is 0 Å². The maximum absolute atomic E-state index is 11.2. The maximum atomic E-state index is 11.2. The molecular formula is C7H13Cl2NO2. The number of halogens is 2. The Labute approximate surface area is 83.4 Å². The highest BCUT2D eigenvalue weighted by molar-refractivity contribution is 6.18. The van der Waals surface area contributed by atoms with Crippen molar-refractivity contribution in [1.82, 2.24) is 4.90 Å². The third kappa shape index (κ3) is 3.61. The van der Waals surface area contributed by atoms with Crippen LogP contribution in [0.1, 0.15) is 6.42 Å². The first-order valence-corrected chi connectivity index (χ1v) is 4.29. The van der Waals surface area contributed by atoms with Gasteiger partial charge in [0.25, 0.3) is 0 Å².